The van der Waals surface area contributed by atoms with E-state index in [1.165, 1.54) is 0 Å². The minimum Gasteiger partial charge on any atom is -0.481 e. The van der Waals surface area contributed by atoms with Crippen molar-refractivity contribution in [1.82, 2.24) is 5.32 Å². The maximum absolute atomic E-state index is 12.1. The van der Waals surface area contributed by atoms with Gasteiger partial charge in [-0.2, -0.15) is 0 Å². The molecule has 0 heterocycles. The largest absolute Gasteiger partial charge is 0.481 e. The van der Waals surface area contributed by atoms with Gasteiger partial charge in [0, 0.05) is 12.6 Å². The van der Waals surface area contributed by atoms with Crippen LogP contribution in [0.3, 0.4) is 0 Å². The molecule has 0 aliphatic heterocycles. The van der Waals surface area contributed by atoms with Crippen LogP contribution in [0.25, 0.3) is 0 Å². The first kappa shape index (κ1) is 15.0. The molecule has 1 rings (SSSR count). The van der Waals surface area contributed by atoms with Crippen LogP contribution in [0.4, 0.5) is 0 Å². The molecule has 0 saturated heterocycles. The number of carbonyl (C=O) groups excluding carboxylic acids is 1. The van der Waals surface area contributed by atoms with E-state index < -0.39 is 16.8 Å². The number of nitrogens with two attached hydrogens (primary N) is 1. The highest BCUT2D eigenvalue weighted by molar-refractivity contribution is 5.84. The van der Waals surface area contributed by atoms with Gasteiger partial charge >= 0.3 is 5.97 Å². The van der Waals surface area contributed by atoms with Crippen molar-refractivity contribution in [2.45, 2.75) is 52.5 Å². The van der Waals surface area contributed by atoms with E-state index in [4.69, 9.17) is 5.73 Å². The molecule has 4 N–H and O–H groups in total. The summed E-state index contributed by atoms with van der Waals surface area (Å²) in [7, 11) is 0. The number of amides is 1. The van der Waals surface area contributed by atoms with E-state index in [0.29, 0.717) is 6.42 Å². The maximum Gasteiger partial charge on any atom is 0.311 e. The van der Waals surface area contributed by atoms with Crippen LogP contribution >= 0.6 is 0 Å². The fourth-order valence-electron chi connectivity index (χ4n) is 2.27. The van der Waals surface area contributed by atoms with E-state index in [-0.39, 0.29) is 18.5 Å². The molecule has 0 spiro atoms. The van der Waals surface area contributed by atoms with E-state index >= 15 is 0 Å². The van der Waals surface area contributed by atoms with Gasteiger partial charge < -0.3 is 16.2 Å². The van der Waals surface area contributed by atoms with Crippen LogP contribution in [0.1, 0.15) is 46.5 Å². The molecule has 1 fully saturated rings. The second-order valence-electron chi connectivity index (χ2n) is 6.08. The van der Waals surface area contributed by atoms with E-state index in [1.54, 1.807) is 20.8 Å². The summed E-state index contributed by atoms with van der Waals surface area (Å²) in [6.45, 7) is 5.50. The highest BCUT2D eigenvalue weighted by Crippen LogP contribution is 2.36. The molecule has 0 aromatic rings. The summed E-state index contributed by atoms with van der Waals surface area (Å²) in [5.74, 6) is -0.998. The van der Waals surface area contributed by atoms with Gasteiger partial charge in [-0.3, -0.25) is 9.59 Å². The van der Waals surface area contributed by atoms with Crippen molar-refractivity contribution < 1.29 is 14.7 Å². The SMILES string of the molecule is CC(C)(CN)C(=O)NC1CCCCC1(C)C(=O)O. The Balaban J connectivity index is 2.81. The molecule has 5 heteroatoms. The van der Waals surface area contributed by atoms with Gasteiger partial charge in [-0.15, -0.1) is 0 Å². The molecule has 18 heavy (non-hydrogen) atoms. The lowest BCUT2D eigenvalue weighted by atomic mass is 9.71. The van der Waals surface area contributed by atoms with Gasteiger partial charge in [0.25, 0.3) is 0 Å². The van der Waals surface area contributed by atoms with E-state index in [2.05, 4.69) is 5.32 Å². The summed E-state index contributed by atoms with van der Waals surface area (Å²) in [6, 6.07) is -0.304. The number of nitrogens with one attached hydrogen (secondary N) is 1. The summed E-state index contributed by atoms with van der Waals surface area (Å²) in [6.07, 6.45) is 3.18. The van der Waals surface area contributed by atoms with Crippen molar-refractivity contribution in [2.24, 2.45) is 16.6 Å². The molecule has 1 saturated carbocycles. The normalized spacial score (nSPS) is 28.8. The first-order valence-corrected chi connectivity index (χ1v) is 6.48. The van der Waals surface area contributed by atoms with Crippen molar-refractivity contribution >= 4 is 11.9 Å². The molecule has 0 aromatic heterocycles. The summed E-state index contributed by atoms with van der Waals surface area (Å²) >= 11 is 0. The number of carboxylic acid groups (broad SMARTS) is 1. The van der Waals surface area contributed by atoms with Gasteiger partial charge in [-0.05, 0) is 33.6 Å². The minimum atomic E-state index is -0.863. The first-order valence-electron chi connectivity index (χ1n) is 6.48. The summed E-state index contributed by atoms with van der Waals surface area (Å²) in [5, 5.41) is 12.2. The Hall–Kier alpha value is -1.10. The van der Waals surface area contributed by atoms with Crippen LogP contribution in [-0.2, 0) is 9.59 Å². The van der Waals surface area contributed by atoms with Crippen LogP contribution in [0, 0.1) is 10.8 Å². The molecule has 0 aromatic carbocycles. The predicted molar refractivity (Wildman–Crippen MR) is 69.0 cm³/mol. The Kier molecular flexibility index (Phi) is 4.37. The number of rotatable bonds is 4. The van der Waals surface area contributed by atoms with Crippen molar-refractivity contribution in [2.75, 3.05) is 6.54 Å². The first-order chi connectivity index (χ1) is 8.24. The van der Waals surface area contributed by atoms with Crippen molar-refractivity contribution in [3.63, 3.8) is 0 Å². The number of aliphatic carboxylic acids is 1. The lowest BCUT2D eigenvalue weighted by Crippen LogP contribution is -2.55. The standard InChI is InChI=1S/C13H24N2O3/c1-12(2,8-14)10(16)15-9-6-4-5-7-13(9,3)11(17)18/h9H,4-8,14H2,1-3H3,(H,15,16)(H,17,18). The Morgan fingerprint density at radius 1 is 1.44 bits per heavy atom. The highest BCUT2D eigenvalue weighted by atomic mass is 16.4. The Morgan fingerprint density at radius 2 is 2.06 bits per heavy atom. The van der Waals surface area contributed by atoms with Crippen LogP contribution in [0.5, 0.6) is 0 Å². The number of carboxylic acids is 1. The topological polar surface area (TPSA) is 92.4 Å². The minimum absolute atomic E-state index is 0.163. The molecule has 0 bridgehead atoms. The molecule has 2 atom stereocenters. The zero-order valence-electron chi connectivity index (χ0n) is 11.5. The highest BCUT2D eigenvalue weighted by Gasteiger charge is 2.44. The van der Waals surface area contributed by atoms with E-state index in [1.807, 2.05) is 0 Å². The monoisotopic (exact) mass is 256 g/mol. The molecule has 2 unspecified atom stereocenters. The van der Waals surface area contributed by atoms with Crippen LogP contribution in [-0.4, -0.2) is 29.6 Å². The molecule has 104 valence electrons. The number of carbonyl (C=O) groups is 2. The molecular weight excluding hydrogens is 232 g/mol. The zero-order chi connectivity index (χ0) is 14.0. The fraction of sp³-hybridized carbons (Fsp3) is 0.846. The van der Waals surface area contributed by atoms with Crippen molar-refractivity contribution in [1.29, 1.82) is 0 Å². The summed E-state index contributed by atoms with van der Waals surface area (Å²) in [4.78, 5) is 23.5. The summed E-state index contributed by atoms with van der Waals surface area (Å²) < 4.78 is 0. The average Bonchev–Trinajstić information content (AvgIpc) is 2.31. The zero-order valence-corrected chi connectivity index (χ0v) is 11.5. The third-order valence-corrected chi connectivity index (χ3v) is 4.13. The van der Waals surface area contributed by atoms with Crippen LogP contribution in [0.2, 0.25) is 0 Å². The lowest BCUT2D eigenvalue weighted by molar-refractivity contribution is -0.152. The molecule has 0 radical (unpaired) electrons. The van der Waals surface area contributed by atoms with Crippen molar-refractivity contribution in [3.05, 3.63) is 0 Å². The van der Waals surface area contributed by atoms with Gasteiger partial charge in [-0.1, -0.05) is 12.8 Å². The average molecular weight is 256 g/mol. The molecule has 1 aliphatic rings. The second kappa shape index (κ2) is 5.26. The third-order valence-electron chi connectivity index (χ3n) is 4.13. The Labute approximate surface area is 108 Å². The van der Waals surface area contributed by atoms with Crippen LogP contribution < -0.4 is 11.1 Å². The number of hydrogen-bond donors (Lipinski definition) is 3. The van der Waals surface area contributed by atoms with Gasteiger partial charge in [-0.25, -0.2) is 0 Å². The van der Waals surface area contributed by atoms with Gasteiger partial charge in [0.1, 0.15) is 0 Å². The summed E-state index contributed by atoms with van der Waals surface area (Å²) in [5.41, 5.74) is 4.04. The number of hydrogen-bond acceptors (Lipinski definition) is 3. The van der Waals surface area contributed by atoms with Gasteiger partial charge in [0.2, 0.25) is 5.91 Å². The van der Waals surface area contributed by atoms with Gasteiger partial charge in [0.15, 0.2) is 0 Å². The second-order valence-corrected chi connectivity index (χ2v) is 6.08. The fourth-order valence-corrected chi connectivity index (χ4v) is 2.27. The van der Waals surface area contributed by atoms with Gasteiger partial charge in [0.05, 0.1) is 10.8 Å². The lowest BCUT2D eigenvalue weighted by Gasteiger charge is -2.39. The molecule has 1 amide bonds. The quantitative estimate of drug-likeness (QED) is 0.702. The Morgan fingerprint density at radius 3 is 2.56 bits per heavy atom. The smallest absolute Gasteiger partial charge is 0.311 e. The third kappa shape index (κ3) is 2.83. The molecular formula is C13H24N2O3. The molecule has 5 nitrogen and oxygen atoms in total. The maximum atomic E-state index is 12.1. The van der Waals surface area contributed by atoms with Crippen molar-refractivity contribution in [3.8, 4) is 0 Å². The molecule has 1 aliphatic carbocycles. The van der Waals surface area contributed by atoms with E-state index in [0.717, 1.165) is 19.3 Å². The van der Waals surface area contributed by atoms with Crippen LogP contribution in [0.15, 0.2) is 0 Å². The Bertz CT molecular complexity index is 341. The predicted octanol–water partition coefficient (Wildman–Crippen LogP) is 1.12. The van der Waals surface area contributed by atoms with E-state index in [9.17, 15) is 14.7 Å².